The molecule has 0 radical (unpaired) electrons. The molecule has 0 unspecified atom stereocenters. The van der Waals surface area contributed by atoms with Gasteiger partial charge in [0.2, 0.25) is 5.91 Å². The Kier molecular flexibility index (Phi) is 5.53. The molecule has 6 nitrogen and oxygen atoms in total. The van der Waals surface area contributed by atoms with Gasteiger partial charge in [0.05, 0.1) is 5.69 Å². The Hall–Kier alpha value is -3.22. The van der Waals surface area contributed by atoms with Crippen LogP contribution in [-0.4, -0.2) is 55.2 Å². The zero-order chi connectivity index (χ0) is 21.3. The normalized spacial score (nSPS) is 16.9. The Morgan fingerprint density at radius 1 is 0.933 bits per heavy atom. The van der Waals surface area contributed by atoms with Gasteiger partial charge in [0.1, 0.15) is 5.82 Å². The van der Waals surface area contributed by atoms with Crippen LogP contribution in [0.5, 0.6) is 0 Å². The monoisotopic (exact) mass is 409 g/mol. The standard InChI is InChI=1S/C23H24FN3O3/c1-16(28)17-7-8-21(20(24)15-17)25-10-12-26(13-11-25)23(30)18-4-2-5-19(14-18)27-9-3-6-22(27)29/h2,4-5,7-8,14-15H,3,6,9-13H2,1H3. The molecule has 0 saturated carbocycles. The van der Waals surface area contributed by atoms with Crippen molar-refractivity contribution in [1.29, 1.82) is 0 Å². The van der Waals surface area contributed by atoms with Crippen LogP contribution in [0.2, 0.25) is 0 Å². The number of benzene rings is 2. The van der Waals surface area contributed by atoms with E-state index in [9.17, 15) is 18.8 Å². The number of hydrogen-bond donors (Lipinski definition) is 0. The van der Waals surface area contributed by atoms with Crippen molar-refractivity contribution in [3.8, 4) is 0 Å². The van der Waals surface area contributed by atoms with Crippen molar-refractivity contribution in [3.63, 3.8) is 0 Å². The largest absolute Gasteiger partial charge is 0.366 e. The quantitative estimate of drug-likeness (QED) is 0.728. The van der Waals surface area contributed by atoms with Crippen LogP contribution < -0.4 is 9.80 Å². The zero-order valence-electron chi connectivity index (χ0n) is 16.9. The minimum Gasteiger partial charge on any atom is -0.366 e. The second kappa shape index (κ2) is 8.26. The third-order valence-corrected chi connectivity index (χ3v) is 5.74. The number of nitrogens with zero attached hydrogens (tertiary/aromatic N) is 3. The highest BCUT2D eigenvalue weighted by Crippen LogP contribution is 2.25. The fourth-order valence-corrected chi connectivity index (χ4v) is 4.04. The second-order valence-electron chi connectivity index (χ2n) is 7.70. The molecule has 2 aliphatic heterocycles. The van der Waals surface area contributed by atoms with Crippen LogP contribution in [0.25, 0.3) is 0 Å². The van der Waals surface area contributed by atoms with Gasteiger partial charge in [-0.05, 0) is 49.7 Å². The first kappa shape index (κ1) is 20.1. The summed E-state index contributed by atoms with van der Waals surface area (Å²) in [6, 6.07) is 11.7. The van der Waals surface area contributed by atoms with E-state index in [1.165, 1.54) is 13.0 Å². The molecule has 2 fully saturated rings. The lowest BCUT2D eigenvalue weighted by atomic mass is 10.1. The van der Waals surface area contributed by atoms with Crippen LogP contribution in [0.3, 0.4) is 0 Å². The van der Waals surface area contributed by atoms with E-state index >= 15 is 0 Å². The summed E-state index contributed by atoms with van der Waals surface area (Å²) in [5.41, 5.74) is 2.11. The number of halogens is 1. The van der Waals surface area contributed by atoms with Crippen LogP contribution in [0.4, 0.5) is 15.8 Å². The van der Waals surface area contributed by atoms with E-state index in [0.29, 0.717) is 56.0 Å². The molecule has 30 heavy (non-hydrogen) atoms. The molecule has 156 valence electrons. The number of piperazine rings is 1. The van der Waals surface area contributed by atoms with Gasteiger partial charge in [0.15, 0.2) is 5.78 Å². The maximum atomic E-state index is 14.4. The molecule has 0 aromatic heterocycles. The molecule has 2 aromatic carbocycles. The first-order valence-corrected chi connectivity index (χ1v) is 10.2. The molecule has 0 bridgehead atoms. The molecule has 0 atom stereocenters. The van der Waals surface area contributed by atoms with Crippen LogP contribution in [0.1, 0.15) is 40.5 Å². The molecule has 2 aromatic rings. The summed E-state index contributed by atoms with van der Waals surface area (Å²) in [7, 11) is 0. The molecular weight excluding hydrogens is 385 g/mol. The summed E-state index contributed by atoms with van der Waals surface area (Å²) < 4.78 is 14.4. The van der Waals surface area contributed by atoms with Gasteiger partial charge in [-0.2, -0.15) is 0 Å². The van der Waals surface area contributed by atoms with Crippen LogP contribution in [-0.2, 0) is 4.79 Å². The van der Waals surface area contributed by atoms with Crippen LogP contribution >= 0.6 is 0 Å². The van der Waals surface area contributed by atoms with Gasteiger partial charge in [-0.1, -0.05) is 6.07 Å². The number of anilines is 2. The van der Waals surface area contributed by atoms with Gasteiger partial charge in [0, 0.05) is 56.0 Å². The first-order valence-electron chi connectivity index (χ1n) is 10.2. The Balaban J connectivity index is 1.42. The number of amides is 2. The lowest BCUT2D eigenvalue weighted by Gasteiger charge is -2.36. The van der Waals surface area contributed by atoms with Crippen molar-refractivity contribution in [2.24, 2.45) is 0 Å². The maximum absolute atomic E-state index is 14.4. The van der Waals surface area contributed by atoms with Gasteiger partial charge in [-0.15, -0.1) is 0 Å². The van der Waals surface area contributed by atoms with Gasteiger partial charge < -0.3 is 14.7 Å². The highest BCUT2D eigenvalue weighted by Gasteiger charge is 2.26. The molecule has 0 aliphatic carbocycles. The van der Waals surface area contributed by atoms with Gasteiger partial charge in [0.25, 0.3) is 5.91 Å². The Labute approximate surface area is 174 Å². The lowest BCUT2D eigenvalue weighted by Crippen LogP contribution is -2.49. The Bertz CT molecular complexity index is 999. The van der Waals surface area contributed by atoms with Crippen molar-refractivity contribution in [2.45, 2.75) is 19.8 Å². The summed E-state index contributed by atoms with van der Waals surface area (Å²) in [4.78, 5) is 41.7. The number of rotatable bonds is 4. The molecular formula is C23H24FN3O3. The summed E-state index contributed by atoms with van der Waals surface area (Å²) in [5, 5.41) is 0. The summed E-state index contributed by atoms with van der Waals surface area (Å²) in [6.45, 7) is 4.05. The van der Waals surface area contributed by atoms with E-state index < -0.39 is 5.82 Å². The van der Waals surface area contributed by atoms with Gasteiger partial charge in [-0.3, -0.25) is 14.4 Å². The minimum atomic E-state index is -0.426. The molecule has 2 heterocycles. The average molecular weight is 409 g/mol. The van der Waals surface area contributed by atoms with E-state index in [4.69, 9.17) is 0 Å². The fourth-order valence-electron chi connectivity index (χ4n) is 4.04. The van der Waals surface area contributed by atoms with Crippen LogP contribution in [0, 0.1) is 5.82 Å². The number of carbonyl (C=O) groups is 3. The predicted octanol–water partition coefficient (Wildman–Crippen LogP) is 3.12. The van der Waals surface area contributed by atoms with Gasteiger partial charge in [-0.25, -0.2) is 4.39 Å². The van der Waals surface area contributed by atoms with Crippen LogP contribution in [0.15, 0.2) is 42.5 Å². The highest BCUT2D eigenvalue weighted by atomic mass is 19.1. The summed E-state index contributed by atoms with van der Waals surface area (Å²) in [6.07, 6.45) is 1.38. The SMILES string of the molecule is CC(=O)c1ccc(N2CCN(C(=O)c3cccc(N4CCCC4=O)c3)CC2)c(F)c1. The topological polar surface area (TPSA) is 60.9 Å². The molecule has 4 rings (SSSR count). The second-order valence-corrected chi connectivity index (χ2v) is 7.70. The maximum Gasteiger partial charge on any atom is 0.254 e. The highest BCUT2D eigenvalue weighted by molar-refractivity contribution is 5.99. The Morgan fingerprint density at radius 3 is 2.33 bits per heavy atom. The third kappa shape index (κ3) is 3.92. The average Bonchev–Trinajstić information content (AvgIpc) is 3.19. The minimum absolute atomic E-state index is 0.0875. The number of carbonyl (C=O) groups excluding carboxylic acids is 3. The molecule has 7 heteroatoms. The van der Waals surface area contributed by atoms with E-state index in [-0.39, 0.29) is 17.6 Å². The van der Waals surface area contributed by atoms with E-state index in [0.717, 1.165) is 12.1 Å². The molecule has 0 N–H and O–H groups in total. The van der Waals surface area contributed by atoms with Crippen molar-refractivity contribution in [1.82, 2.24) is 4.90 Å². The molecule has 0 spiro atoms. The van der Waals surface area contributed by atoms with E-state index in [1.807, 2.05) is 11.0 Å². The molecule has 2 saturated heterocycles. The summed E-state index contributed by atoms with van der Waals surface area (Å²) in [5.74, 6) is -0.597. The number of ketones is 1. The summed E-state index contributed by atoms with van der Waals surface area (Å²) >= 11 is 0. The predicted molar refractivity (Wildman–Crippen MR) is 113 cm³/mol. The lowest BCUT2D eigenvalue weighted by molar-refractivity contribution is -0.117. The number of hydrogen-bond acceptors (Lipinski definition) is 4. The van der Waals surface area contributed by atoms with Crippen molar-refractivity contribution < 1.29 is 18.8 Å². The molecule has 2 amide bonds. The fraction of sp³-hybridized carbons (Fsp3) is 0.348. The van der Waals surface area contributed by atoms with Crippen molar-refractivity contribution in [3.05, 3.63) is 59.4 Å². The third-order valence-electron chi connectivity index (χ3n) is 5.74. The van der Waals surface area contributed by atoms with Crippen molar-refractivity contribution in [2.75, 3.05) is 42.5 Å². The van der Waals surface area contributed by atoms with Crippen molar-refractivity contribution >= 4 is 29.0 Å². The van der Waals surface area contributed by atoms with E-state index in [2.05, 4.69) is 0 Å². The zero-order valence-corrected chi connectivity index (χ0v) is 16.9. The first-order chi connectivity index (χ1) is 14.4. The Morgan fingerprint density at radius 2 is 1.70 bits per heavy atom. The number of Topliss-reactive ketones (excluding diaryl/α,β-unsaturated/α-hetero) is 1. The van der Waals surface area contributed by atoms with E-state index in [1.54, 1.807) is 40.1 Å². The smallest absolute Gasteiger partial charge is 0.254 e. The van der Waals surface area contributed by atoms with Gasteiger partial charge >= 0.3 is 0 Å². The molecule has 2 aliphatic rings.